The van der Waals surface area contributed by atoms with Gasteiger partial charge in [0.1, 0.15) is 25.9 Å². The number of nitrogens with zero attached hydrogens (tertiary/aromatic N) is 3. The monoisotopic (exact) mass is 1310 g/mol. The van der Waals surface area contributed by atoms with Crippen molar-refractivity contribution in [1.29, 1.82) is 0 Å². The van der Waals surface area contributed by atoms with E-state index in [0.717, 1.165) is 74.7 Å². The van der Waals surface area contributed by atoms with E-state index >= 15 is 0 Å². The summed E-state index contributed by atoms with van der Waals surface area (Å²) in [7, 11) is 7.25. The SMILES string of the molecule is C/C1=C\CC[C@H](C)OC(=O)C[C@H](c2ccc(O)cc2)NC(=O)[C@@H](Cc2c[nH]c3ccccc23)N(C)C(=O)[C@H](CCCCNC(=O)CCCCCNC(=O)CCSCC[Si]2(C)c3cc(N(C)C)ccc3C3(OC(=O)c4ccccc43)c3ccc(N(C)C)cc32)NC(=O)[C@@H](C)C1. The van der Waals surface area contributed by atoms with Crippen LogP contribution in [-0.2, 0) is 50.3 Å². The van der Waals surface area contributed by atoms with Crippen molar-refractivity contribution in [2.45, 2.75) is 147 Å². The number of hydrogen-bond donors (Lipinski definition) is 6. The van der Waals surface area contributed by atoms with E-state index < -0.39 is 61.6 Å². The molecule has 5 amide bonds. The van der Waals surface area contributed by atoms with E-state index in [1.807, 2.05) is 110 Å². The van der Waals surface area contributed by atoms with Crippen molar-refractivity contribution in [2.75, 3.05) is 69.6 Å². The lowest BCUT2D eigenvalue weighted by Gasteiger charge is -2.45. The molecule has 20 heteroatoms. The highest BCUT2D eigenvalue weighted by Gasteiger charge is 2.57. The predicted molar refractivity (Wildman–Crippen MR) is 376 cm³/mol. The van der Waals surface area contributed by atoms with E-state index in [4.69, 9.17) is 9.47 Å². The van der Waals surface area contributed by atoms with Crippen molar-refractivity contribution in [3.05, 3.63) is 160 Å². The quantitative estimate of drug-likeness (QED) is 0.0161. The maximum absolute atomic E-state index is 14.9. The van der Waals surface area contributed by atoms with Crippen LogP contribution in [0.2, 0.25) is 12.6 Å². The highest BCUT2D eigenvalue weighted by Crippen LogP contribution is 2.50. The Kier molecular flexibility index (Phi) is 23.6. The highest BCUT2D eigenvalue weighted by molar-refractivity contribution is 7.99. The number of esters is 2. The minimum Gasteiger partial charge on any atom is -0.508 e. The highest BCUT2D eigenvalue weighted by atomic mass is 32.2. The summed E-state index contributed by atoms with van der Waals surface area (Å²) in [6.07, 6.45) is 9.10. The predicted octanol–water partition coefficient (Wildman–Crippen LogP) is 9.56. The summed E-state index contributed by atoms with van der Waals surface area (Å²) in [6.45, 7) is 8.92. The average Bonchev–Trinajstić information content (AvgIpc) is 1.26. The molecule has 9 rings (SSSR count). The van der Waals surface area contributed by atoms with Crippen LogP contribution >= 0.6 is 11.8 Å². The number of ether oxygens (including phenoxy) is 2. The number of H-pyrrole nitrogens is 1. The number of nitrogens with one attached hydrogen (secondary N) is 5. The number of unbranched alkanes of at least 4 members (excludes halogenated alkanes) is 3. The third-order valence-corrected chi connectivity index (χ3v) is 24.7. The van der Waals surface area contributed by atoms with Gasteiger partial charge in [-0.05, 0) is 147 Å². The van der Waals surface area contributed by atoms with Gasteiger partial charge in [-0.2, -0.15) is 11.8 Å². The van der Waals surface area contributed by atoms with Crippen molar-refractivity contribution in [3.8, 4) is 5.75 Å². The second-order valence-electron chi connectivity index (χ2n) is 26.3. The summed E-state index contributed by atoms with van der Waals surface area (Å²) >= 11 is 1.79. The largest absolute Gasteiger partial charge is 0.508 e. The minimum atomic E-state index is -2.51. The number of cyclic esters (lactones) is 1. The molecular formula is C74H94N8O10SSi. The molecule has 6 N–H and O–H groups in total. The van der Waals surface area contributed by atoms with Gasteiger partial charge in [0.25, 0.3) is 0 Å². The smallest absolute Gasteiger partial charge is 0.340 e. The summed E-state index contributed by atoms with van der Waals surface area (Å²) < 4.78 is 12.4. The Morgan fingerprint density at radius 1 is 0.745 bits per heavy atom. The first-order chi connectivity index (χ1) is 45.1. The molecular weight excluding hydrogens is 1220 g/mol. The van der Waals surface area contributed by atoms with E-state index in [9.17, 15) is 38.7 Å². The number of carbonyl (C=O) groups is 7. The third-order valence-electron chi connectivity index (χ3n) is 18.9. The Morgan fingerprint density at radius 2 is 1.39 bits per heavy atom. The molecule has 18 nitrogen and oxygen atoms in total. The molecule has 5 aromatic carbocycles. The molecule has 4 heterocycles. The van der Waals surface area contributed by atoms with E-state index in [1.54, 1.807) is 30.9 Å². The van der Waals surface area contributed by atoms with Crippen LogP contribution in [0.3, 0.4) is 0 Å². The molecule has 94 heavy (non-hydrogen) atoms. The standard InChI is InChI=1S/C74H94N8O10SSi/c1-48-20-19-21-50(3)91-69(86)46-63(51-28-32-55(83)33-29-51)79-71(88)64(43-52-47-77-61-25-15-13-22-56(52)61)82(8)72(89)62(78-70(87)49(2)42-48)26-16-18-38-75-67(84)27-11-10-17-37-76-68(85)36-39-93-40-41-94(9)65-44-53(80(4)5)30-34-59(65)74(58-24-14-12-23-57(58)73(90)92-74)60-35-31-54(81(6)7)45-66(60)94/h12-15,20,22-25,28-35,44-45,47,49-50,62-64,77,83H,10-11,16-19,21,26-27,36-43,46H2,1-9H3,(H,75,84)(H,76,85)(H,78,87)(H,79,88)/b48-20+/t49-,50-,62-,63+,64+,74?,94?/m0/s1. The minimum absolute atomic E-state index is 0.000899. The van der Waals surface area contributed by atoms with Gasteiger partial charge in [-0.3, -0.25) is 28.8 Å². The van der Waals surface area contributed by atoms with Crippen molar-refractivity contribution < 1.29 is 48.1 Å². The number of phenols is 1. The number of aromatic amines is 1. The molecule has 0 aliphatic carbocycles. The van der Waals surface area contributed by atoms with Gasteiger partial charge in [0.05, 0.1) is 24.1 Å². The molecule has 0 saturated heterocycles. The lowest BCUT2D eigenvalue weighted by atomic mass is 9.79. The number of hydrogen-bond acceptors (Lipinski definition) is 13. The zero-order valence-corrected chi connectivity index (χ0v) is 57.8. The maximum atomic E-state index is 14.9. The van der Waals surface area contributed by atoms with Crippen LogP contribution in [0.1, 0.15) is 142 Å². The van der Waals surface area contributed by atoms with E-state index in [1.165, 1.54) is 27.4 Å². The van der Waals surface area contributed by atoms with E-state index in [0.29, 0.717) is 81.3 Å². The van der Waals surface area contributed by atoms with Gasteiger partial charge in [0, 0.05) is 124 Å². The Hall–Kier alpha value is -8.36. The Balaban J connectivity index is 0.753. The number of aromatic hydroxyl groups is 1. The summed E-state index contributed by atoms with van der Waals surface area (Å²) in [6, 6.07) is 32.9. The first-order valence-corrected chi connectivity index (χ1v) is 37.1. The van der Waals surface area contributed by atoms with E-state index in [2.05, 4.69) is 79.0 Å². The summed E-state index contributed by atoms with van der Waals surface area (Å²) in [5, 5.41) is 25.7. The fraction of sp³-hybridized carbons (Fsp3) is 0.446. The van der Waals surface area contributed by atoms with Crippen LogP contribution in [0.15, 0.2) is 127 Å². The first-order valence-electron chi connectivity index (χ1n) is 33.2. The molecule has 0 unspecified atom stereocenters. The van der Waals surface area contributed by atoms with Crippen molar-refractivity contribution in [1.82, 2.24) is 31.2 Å². The van der Waals surface area contributed by atoms with Gasteiger partial charge < -0.3 is 55.5 Å². The fourth-order valence-corrected chi connectivity index (χ4v) is 19.6. The molecule has 500 valence electrons. The third kappa shape index (κ3) is 16.6. The molecule has 0 radical (unpaired) electrons. The number of anilines is 2. The second-order valence-corrected chi connectivity index (χ2v) is 31.8. The van der Waals surface area contributed by atoms with Gasteiger partial charge in [0.2, 0.25) is 29.5 Å². The van der Waals surface area contributed by atoms with Crippen LogP contribution in [0, 0.1) is 5.92 Å². The van der Waals surface area contributed by atoms with Crippen LogP contribution in [0.5, 0.6) is 5.75 Å². The zero-order chi connectivity index (χ0) is 67.3. The van der Waals surface area contributed by atoms with Gasteiger partial charge in [-0.15, -0.1) is 0 Å². The number of aromatic nitrogens is 1. The number of likely N-dealkylation sites (N-methyl/N-ethyl adjacent to an activating group) is 1. The van der Waals surface area contributed by atoms with Gasteiger partial charge >= 0.3 is 11.9 Å². The lowest BCUT2D eigenvalue weighted by Crippen LogP contribution is -2.65. The molecule has 6 aromatic rings. The van der Waals surface area contributed by atoms with Gasteiger partial charge in [0.15, 0.2) is 5.60 Å². The van der Waals surface area contributed by atoms with Crippen LogP contribution in [-0.4, -0.2) is 143 Å². The summed E-state index contributed by atoms with van der Waals surface area (Å²) in [4.78, 5) is 106. The van der Waals surface area contributed by atoms with E-state index in [-0.39, 0.29) is 48.7 Å². The molecule has 0 fully saturated rings. The first kappa shape index (κ1) is 70.0. The summed E-state index contributed by atoms with van der Waals surface area (Å²) in [5.74, 6) is -1.12. The number of allylic oxidation sites excluding steroid dienone is 2. The van der Waals surface area contributed by atoms with Crippen LogP contribution in [0.25, 0.3) is 10.9 Å². The Morgan fingerprint density at radius 3 is 2.09 bits per heavy atom. The number of rotatable bonds is 22. The Labute approximate surface area is 558 Å². The van der Waals surface area contributed by atoms with Crippen molar-refractivity contribution in [2.24, 2.45) is 5.92 Å². The van der Waals surface area contributed by atoms with Crippen LogP contribution < -0.4 is 41.4 Å². The normalized spacial score (nSPS) is 22.4. The summed E-state index contributed by atoms with van der Waals surface area (Å²) in [5.41, 5.74) is 7.85. The van der Waals surface area contributed by atoms with Gasteiger partial charge in [-0.1, -0.05) is 92.2 Å². The number of carbonyl (C=O) groups excluding carboxylic acids is 7. The Bertz CT molecular complexity index is 3680. The molecule has 3 aliphatic heterocycles. The molecule has 1 spiro atoms. The molecule has 5 atom stereocenters. The molecule has 3 aliphatic rings. The molecule has 0 bridgehead atoms. The molecule has 0 saturated carbocycles. The number of thioether (sulfide) groups is 1. The molecule has 1 aromatic heterocycles. The lowest BCUT2D eigenvalue weighted by molar-refractivity contribution is -0.149. The number of para-hydroxylation sites is 1. The van der Waals surface area contributed by atoms with Crippen molar-refractivity contribution in [3.63, 3.8) is 0 Å². The number of benzene rings is 5. The maximum Gasteiger partial charge on any atom is 0.340 e. The number of amides is 5. The van der Waals surface area contributed by atoms with Gasteiger partial charge in [-0.25, -0.2) is 4.79 Å². The fourth-order valence-electron chi connectivity index (χ4n) is 13.4. The van der Waals surface area contributed by atoms with Crippen LogP contribution in [0.4, 0.5) is 11.4 Å². The zero-order valence-electron chi connectivity index (χ0n) is 56.0. The number of fused-ring (bicyclic) bond motifs is 7. The average molecular weight is 1320 g/mol. The number of phenolic OH excluding ortho intramolecular Hbond substituents is 1. The van der Waals surface area contributed by atoms with Crippen molar-refractivity contribution >= 4 is 94.0 Å². The topological polar surface area (TPSA) is 232 Å². The second kappa shape index (κ2) is 31.7.